The van der Waals surface area contributed by atoms with Crippen LogP contribution in [0.5, 0.6) is 0 Å². The van der Waals surface area contributed by atoms with Crippen LogP contribution in [0.15, 0.2) is 71.8 Å². The molecule has 4 rings (SSSR count). The summed E-state index contributed by atoms with van der Waals surface area (Å²) in [5, 5.41) is 9.63. The minimum absolute atomic E-state index is 0.0423. The van der Waals surface area contributed by atoms with Crippen molar-refractivity contribution in [1.82, 2.24) is 8.87 Å². The number of nitrogens with zero attached hydrogens (tertiary/aromatic N) is 2. The number of carbonyl (C=O) groups is 1. The number of benzene rings is 2. The number of halogens is 1. The van der Waals surface area contributed by atoms with Gasteiger partial charge in [-0.2, -0.15) is 4.31 Å². The van der Waals surface area contributed by atoms with Crippen molar-refractivity contribution in [3.8, 4) is 0 Å². The minimum Gasteiger partial charge on any atom is -0.478 e. The number of rotatable bonds is 4. The first-order valence-corrected chi connectivity index (χ1v) is 10.5. The Morgan fingerprint density at radius 2 is 1.68 bits per heavy atom. The van der Waals surface area contributed by atoms with Crippen LogP contribution in [0.2, 0.25) is 5.02 Å². The van der Waals surface area contributed by atoms with Crippen LogP contribution < -0.4 is 0 Å². The van der Waals surface area contributed by atoms with E-state index in [1.54, 1.807) is 12.1 Å². The molecule has 0 spiro atoms. The van der Waals surface area contributed by atoms with E-state index in [0.29, 0.717) is 18.1 Å². The SMILES string of the molecule is O=C(O)c1ccc(S(=O)(=O)N2CCn3cccc3C2c2ccc(Cl)cc2)cc1. The van der Waals surface area contributed by atoms with Crippen LogP contribution >= 0.6 is 11.6 Å². The van der Waals surface area contributed by atoms with E-state index in [9.17, 15) is 13.2 Å². The summed E-state index contributed by atoms with van der Waals surface area (Å²) in [6, 6.07) is 15.7. The zero-order valence-corrected chi connectivity index (χ0v) is 16.3. The molecule has 0 saturated heterocycles. The highest BCUT2D eigenvalue weighted by Gasteiger charge is 2.37. The Kier molecular flexibility index (Phi) is 4.74. The van der Waals surface area contributed by atoms with Crippen molar-refractivity contribution in [2.24, 2.45) is 0 Å². The Balaban J connectivity index is 1.80. The minimum atomic E-state index is -3.84. The molecule has 0 fully saturated rings. The van der Waals surface area contributed by atoms with E-state index >= 15 is 0 Å². The summed E-state index contributed by atoms with van der Waals surface area (Å²) in [7, 11) is -3.84. The fourth-order valence-corrected chi connectivity index (χ4v) is 5.21. The van der Waals surface area contributed by atoms with Crippen molar-refractivity contribution in [3.63, 3.8) is 0 Å². The van der Waals surface area contributed by atoms with Crippen molar-refractivity contribution < 1.29 is 18.3 Å². The molecule has 1 aromatic heterocycles. The Morgan fingerprint density at radius 1 is 1.00 bits per heavy atom. The van der Waals surface area contributed by atoms with Gasteiger partial charge in [-0.3, -0.25) is 0 Å². The highest BCUT2D eigenvalue weighted by molar-refractivity contribution is 7.89. The van der Waals surface area contributed by atoms with E-state index in [0.717, 1.165) is 11.3 Å². The Labute approximate surface area is 167 Å². The van der Waals surface area contributed by atoms with Gasteiger partial charge in [0.15, 0.2) is 0 Å². The maximum atomic E-state index is 13.4. The Hall–Kier alpha value is -2.61. The number of hydrogen-bond acceptors (Lipinski definition) is 3. The second-order valence-corrected chi connectivity index (χ2v) is 8.85. The van der Waals surface area contributed by atoms with Gasteiger partial charge in [-0.25, -0.2) is 13.2 Å². The van der Waals surface area contributed by atoms with Gasteiger partial charge >= 0.3 is 5.97 Å². The Morgan fingerprint density at radius 3 is 2.32 bits per heavy atom. The molecular formula is C20H17ClN2O4S. The van der Waals surface area contributed by atoms with Crippen LogP contribution in [0.4, 0.5) is 0 Å². The molecule has 8 heteroatoms. The van der Waals surface area contributed by atoms with E-state index in [1.807, 2.05) is 35.0 Å². The molecule has 6 nitrogen and oxygen atoms in total. The third kappa shape index (κ3) is 3.22. The van der Waals surface area contributed by atoms with Gasteiger partial charge in [0.25, 0.3) is 0 Å². The molecule has 0 radical (unpaired) electrons. The number of hydrogen-bond donors (Lipinski definition) is 1. The monoisotopic (exact) mass is 416 g/mol. The lowest BCUT2D eigenvalue weighted by atomic mass is 10.0. The van der Waals surface area contributed by atoms with Crippen LogP contribution in [0, 0.1) is 0 Å². The number of fused-ring (bicyclic) bond motifs is 1. The molecule has 28 heavy (non-hydrogen) atoms. The topological polar surface area (TPSA) is 79.6 Å². The summed E-state index contributed by atoms with van der Waals surface area (Å²) in [5.74, 6) is -1.10. The number of aromatic nitrogens is 1. The van der Waals surface area contributed by atoms with E-state index < -0.39 is 22.0 Å². The second-order valence-electron chi connectivity index (χ2n) is 6.53. The van der Waals surface area contributed by atoms with Crippen LogP contribution in [0.25, 0.3) is 0 Å². The number of aromatic carboxylic acids is 1. The van der Waals surface area contributed by atoms with Crippen LogP contribution in [0.1, 0.15) is 27.7 Å². The molecule has 1 atom stereocenters. The normalized spacial score (nSPS) is 17.2. The molecule has 2 heterocycles. The van der Waals surface area contributed by atoms with E-state index in [1.165, 1.54) is 28.6 Å². The average molecular weight is 417 g/mol. The molecule has 0 aliphatic carbocycles. The van der Waals surface area contributed by atoms with Gasteiger partial charge in [0.05, 0.1) is 16.5 Å². The van der Waals surface area contributed by atoms with Gasteiger partial charge in [-0.05, 0) is 54.1 Å². The predicted octanol–water partition coefficient (Wildman–Crippen LogP) is 3.63. The summed E-state index contributed by atoms with van der Waals surface area (Å²) < 4.78 is 30.3. The molecule has 144 valence electrons. The van der Waals surface area contributed by atoms with Gasteiger partial charge in [-0.1, -0.05) is 23.7 Å². The molecule has 1 aliphatic heterocycles. The molecule has 2 aromatic carbocycles. The van der Waals surface area contributed by atoms with Crippen molar-refractivity contribution >= 4 is 27.6 Å². The fourth-order valence-electron chi connectivity index (χ4n) is 3.51. The van der Waals surface area contributed by atoms with Crippen LogP contribution in [-0.2, 0) is 16.6 Å². The maximum absolute atomic E-state index is 13.4. The fraction of sp³-hybridized carbons (Fsp3) is 0.150. The van der Waals surface area contributed by atoms with Crippen molar-refractivity contribution in [3.05, 3.63) is 88.7 Å². The molecule has 3 aromatic rings. The third-order valence-corrected chi connectivity index (χ3v) is 7.02. The lowest BCUT2D eigenvalue weighted by Crippen LogP contribution is -2.42. The summed E-state index contributed by atoms with van der Waals surface area (Å²) in [4.78, 5) is 11.1. The second kappa shape index (κ2) is 7.09. The van der Waals surface area contributed by atoms with Gasteiger partial charge in [-0.15, -0.1) is 0 Å². The summed E-state index contributed by atoms with van der Waals surface area (Å²) >= 11 is 6.01. The molecule has 1 unspecified atom stereocenters. The summed E-state index contributed by atoms with van der Waals surface area (Å²) in [6.07, 6.45) is 1.93. The predicted molar refractivity (Wildman–Crippen MR) is 105 cm³/mol. The highest BCUT2D eigenvalue weighted by Crippen LogP contribution is 2.36. The zero-order valence-electron chi connectivity index (χ0n) is 14.7. The van der Waals surface area contributed by atoms with E-state index in [4.69, 9.17) is 16.7 Å². The van der Waals surface area contributed by atoms with Gasteiger partial charge in [0.2, 0.25) is 10.0 Å². The van der Waals surface area contributed by atoms with Gasteiger partial charge in [0, 0.05) is 30.0 Å². The smallest absolute Gasteiger partial charge is 0.335 e. The third-order valence-electron chi connectivity index (χ3n) is 4.89. The van der Waals surface area contributed by atoms with Crippen molar-refractivity contribution in [2.45, 2.75) is 17.5 Å². The largest absolute Gasteiger partial charge is 0.478 e. The zero-order chi connectivity index (χ0) is 19.9. The molecule has 0 amide bonds. The first kappa shape index (κ1) is 18.7. The maximum Gasteiger partial charge on any atom is 0.335 e. The number of sulfonamides is 1. The molecule has 1 N–H and O–H groups in total. The summed E-state index contributed by atoms with van der Waals surface area (Å²) in [5.41, 5.74) is 1.73. The van der Waals surface area contributed by atoms with Crippen molar-refractivity contribution in [1.29, 1.82) is 0 Å². The molecule has 0 bridgehead atoms. The van der Waals surface area contributed by atoms with E-state index in [-0.39, 0.29) is 10.5 Å². The van der Waals surface area contributed by atoms with Crippen LogP contribution in [0.3, 0.4) is 0 Å². The molecular weight excluding hydrogens is 400 g/mol. The van der Waals surface area contributed by atoms with Crippen molar-refractivity contribution in [2.75, 3.05) is 6.54 Å². The highest BCUT2D eigenvalue weighted by atomic mass is 35.5. The van der Waals surface area contributed by atoms with Crippen LogP contribution in [-0.4, -0.2) is 34.9 Å². The first-order valence-electron chi connectivity index (χ1n) is 8.63. The van der Waals surface area contributed by atoms with E-state index in [2.05, 4.69) is 0 Å². The standard InChI is InChI=1S/C20H17ClN2O4S/c21-16-7-3-14(4-8-16)19-18-2-1-11-22(18)12-13-23(19)28(26,27)17-9-5-15(6-10-17)20(24)25/h1-11,19H,12-13H2,(H,24,25). The quantitative estimate of drug-likeness (QED) is 0.704. The molecule has 0 saturated carbocycles. The lowest BCUT2D eigenvalue weighted by Gasteiger charge is -2.36. The lowest BCUT2D eigenvalue weighted by molar-refractivity contribution is 0.0696. The molecule has 1 aliphatic rings. The Bertz CT molecular complexity index is 1120. The number of carboxylic acids is 1. The van der Waals surface area contributed by atoms with Gasteiger partial charge in [0.1, 0.15) is 0 Å². The summed E-state index contributed by atoms with van der Waals surface area (Å²) in [6.45, 7) is 0.844. The number of carboxylic acid groups (broad SMARTS) is 1. The van der Waals surface area contributed by atoms with Gasteiger partial charge < -0.3 is 9.67 Å². The first-order chi connectivity index (χ1) is 13.4. The average Bonchev–Trinajstić information content (AvgIpc) is 3.17.